The lowest BCUT2D eigenvalue weighted by Gasteiger charge is -2.32. The Kier molecular flexibility index (Phi) is 6.75. The lowest BCUT2D eigenvalue weighted by atomic mass is 10.1. The number of primary amides is 2. The number of benzene rings is 1. The van der Waals surface area contributed by atoms with Crippen LogP contribution in [0.5, 0.6) is 5.75 Å². The maximum absolute atomic E-state index is 11.6. The summed E-state index contributed by atoms with van der Waals surface area (Å²) in [5.74, 6) is 0.119. The lowest BCUT2D eigenvalue weighted by Crippen LogP contribution is -2.46. The number of carbonyl (C=O) groups excluding carboxylic acids is 2. The van der Waals surface area contributed by atoms with E-state index in [0.29, 0.717) is 18.2 Å². The summed E-state index contributed by atoms with van der Waals surface area (Å²) in [5, 5.41) is 6.09. The number of carbonyl (C=O) groups is 2. The molecule has 0 spiro atoms. The first-order valence-corrected chi connectivity index (χ1v) is 10.5. The van der Waals surface area contributed by atoms with Gasteiger partial charge in [-0.1, -0.05) is 0 Å². The molecule has 1 aliphatic heterocycles. The van der Waals surface area contributed by atoms with Crippen molar-refractivity contribution in [2.45, 2.75) is 10.0 Å². The van der Waals surface area contributed by atoms with Crippen LogP contribution in [0.15, 0.2) is 30.3 Å². The SMILES string of the molecule is NC(=O)Nc1sc(-c2ccc(OCCC3(I)CNCCO3)cc2)cc1C(N)=O. The topological polar surface area (TPSA) is 129 Å². The second kappa shape index (κ2) is 9.07. The summed E-state index contributed by atoms with van der Waals surface area (Å²) in [5.41, 5.74) is 11.6. The summed E-state index contributed by atoms with van der Waals surface area (Å²) in [7, 11) is 0. The number of hydrogen-bond acceptors (Lipinski definition) is 6. The van der Waals surface area contributed by atoms with Crippen molar-refractivity contribution in [2.24, 2.45) is 11.5 Å². The second-order valence-electron chi connectivity index (χ2n) is 6.24. The van der Waals surface area contributed by atoms with Gasteiger partial charge < -0.3 is 26.3 Å². The van der Waals surface area contributed by atoms with Gasteiger partial charge in [-0.25, -0.2) is 4.79 Å². The van der Waals surface area contributed by atoms with Crippen molar-refractivity contribution in [3.63, 3.8) is 0 Å². The Hall–Kier alpha value is -1.89. The van der Waals surface area contributed by atoms with E-state index in [1.807, 2.05) is 24.3 Å². The zero-order valence-corrected chi connectivity index (χ0v) is 18.0. The number of nitrogens with two attached hydrogens (primary N) is 2. The molecule has 2 aromatic rings. The van der Waals surface area contributed by atoms with Crippen LogP contribution in [0.4, 0.5) is 9.80 Å². The van der Waals surface area contributed by atoms with E-state index in [1.165, 1.54) is 11.3 Å². The zero-order valence-electron chi connectivity index (χ0n) is 15.0. The van der Waals surface area contributed by atoms with Crippen LogP contribution in [0, 0.1) is 0 Å². The van der Waals surface area contributed by atoms with E-state index in [4.69, 9.17) is 20.9 Å². The molecule has 1 unspecified atom stereocenters. The fraction of sp³-hybridized carbons (Fsp3) is 0.333. The number of alkyl halides is 1. The van der Waals surface area contributed by atoms with Gasteiger partial charge in [0.2, 0.25) is 0 Å². The van der Waals surface area contributed by atoms with Crippen molar-refractivity contribution in [1.29, 1.82) is 0 Å². The Labute approximate surface area is 180 Å². The molecule has 0 aliphatic carbocycles. The van der Waals surface area contributed by atoms with Crippen molar-refractivity contribution in [2.75, 3.05) is 31.6 Å². The van der Waals surface area contributed by atoms with Gasteiger partial charge in [-0.3, -0.25) is 10.1 Å². The number of nitrogens with one attached hydrogen (secondary N) is 2. The van der Waals surface area contributed by atoms with Gasteiger partial charge in [-0.05, 0) is 58.5 Å². The Morgan fingerprint density at radius 2 is 2.07 bits per heavy atom. The van der Waals surface area contributed by atoms with E-state index >= 15 is 0 Å². The highest BCUT2D eigenvalue weighted by Gasteiger charge is 2.29. The molecule has 0 saturated carbocycles. The number of morpholine rings is 1. The first-order valence-electron chi connectivity index (χ1n) is 8.63. The summed E-state index contributed by atoms with van der Waals surface area (Å²) < 4.78 is 11.4. The highest BCUT2D eigenvalue weighted by Crippen LogP contribution is 2.36. The highest BCUT2D eigenvalue weighted by molar-refractivity contribution is 14.1. The van der Waals surface area contributed by atoms with E-state index in [1.54, 1.807) is 6.07 Å². The first kappa shape index (κ1) is 20.8. The minimum atomic E-state index is -0.746. The van der Waals surface area contributed by atoms with Crippen molar-refractivity contribution in [3.8, 4) is 16.2 Å². The number of rotatable bonds is 7. The molecule has 0 bridgehead atoms. The molecule has 1 saturated heterocycles. The average molecular weight is 516 g/mol. The van der Waals surface area contributed by atoms with Gasteiger partial charge >= 0.3 is 6.03 Å². The molecular weight excluding hydrogens is 495 g/mol. The molecular formula is C18H21IN4O4S. The number of urea groups is 1. The van der Waals surface area contributed by atoms with Crippen LogP contribution in [-0.4, -0.2) is 41.8 Å². The fourth-order valence-electron chi connectivity index (χ4n) is 2.75. The number of halogens is 1. The number of hydrogen-bond donors (Lipinski definition) is 4. The van der Waals surface area contributed by atoms with Crippen LogP contribution in [0.1, 0.15) is 16.8 Å². The van der Waals surface area contributed by atoms with Crippen LogP contribution < -0.4 is 26.8 Å². The van der Waals surface area contributed by atoms with Crippen LogP contribution >= 0.6 is 33.9 Å². The molecule has 2 heterocycles. The summed E-state index contributed by atoms with van der Waals surface area (Å²) in [6.45, 7) is 2.93. The van der Waals surface area contributed by atoms with E-state index in [-0.39, 0.29) is 9.17 Å². The first-order chi connectivity index (χ1) is 13.4. The van der Waals surface area contributed by atoms with Crippen molar-refractivity contribution in [3.05, 3.63) is 35.9 Å². The van der Waals surface area contributed by atoms with E-state index in [0.717, 1.165) is 35.7 Å². The molecule has 3 rings (SSSR count). The van der Waals surface area contributed by atoms with Gasteiger partial charge in [0, 0.05) is 24.4 Å². The summed E-state index contributed by atoms with van der Waals surface area (Å²) in [6, 6.07) is 8.39. The average Bonchev–Trinajstić information content (AvgIpc) is 3.06. The molecule has 28 heavy (non-hydrogen) atoms. The van der Waals surface area contributed by atoms with Gasteiger partial charge in [-0.15, -0.1) is 11.3 Å². The second-order valence-corrected chi connectivity index (χ2v) is 9.26. The molecule has 1 aromatic carbocycles. The summed E-state index contributed by atoms with van der Waals surface area (Å²) in [4.78, 5) is 23.5. The Bertz CT molecular complexity index is 850. The number of thiophene rings is 1. The third-order valence-electron chi connectivity index (χ3n) is 4.15. The monoisotopic (exact) mass is 516 g/mol. The van der Waals surface area contributed by atoms with E-state index < -0.39 is 11.9 Å². The molecule has 150 valence electrons. The molecule has 0 radical (unpaired) electrons. The van der Waals surface area contributed by atoms with Gasteiger partial charge in [0.05, 0.1) is 18.8 Å². The number of amides is 3. The van der Waals surface area contributed by atoms with Gasteiger partial charge in [0.15, 0.2) is 0 Å². The maximum Gasteiger partial charge on any atom is 0.317 e. The van der Waals surface area contributed by atoms with Crippen LogP contribution in [0.3, 0.4) is 0 Å². The minimum absolute atomic E-state index is 0.229. The van der Waals surface area contributed by atoms with Crippen LogP contribution in [-0.2, 0) is 4.74 Å². The van der Waals surface area contributed by atoms with E-state index in [9.17, 15) is 9.59 Å². The van der Waals surface area contributed by atoms with Crippen molar-refractivity contribution in [1.82, 2.24) is 5.32 Å². The minimum Gasteiger partial charge on any atom is -0.493 e. The maximum atomic E-state index is 11.6. The predicted molar refractivity (Wildman–Crippen MR) is 117 cm³/mol. The van der Waals surface area contributed by atoms with Crippen molar-refractivity contribution < 1.29 is 19.1 Å². The summed E-state index contributed by atoms with van der Waals surface area (Å²) in [6.07, 6.45) is 0.775. The van der Waals surface area contributed by atoms with Gasteiger partial charge in [0.25, 0.3) is 5.91 Å². The number of anilines is 1. The zero-order chi connectivity index (χ0) is 20.1. The fourth-order valence-corrected chi connectivity index (χ4v) is 4.53. The molecule has 1 aliphatic rings. The quantitative estimate of drug-likeness (QED) is 0.332. The lowest BCUT2D eigenvalue weighted by molar-refractivity contribution is 0.00278. The molecule has 1 aromatic heterocycles. The summed E-state index contributed by atoms with van der Waals surface area (Å²) >= 11 is 3.56. The van der Waals surface area contributed by atoms with E-state index in [2.05, 4.69) is 33.2 Å². The molecule has 6 N–H and O–H groups in total. The Balaban J connectivity index is 1.64. The molecule has 3 amide bonds. The number of ether oxygens (including phenoxy) is 2. The third kappa shape index (κ3) is 5.34. The van der Waals surface area contributed by atoms with Gasteiger partial charge in [-0.2, -0.15) is 0 Å². The normalized spacial score (nSPS) is 19.2. The highest BCUT2D eigenvalue weighted by atomic mass is 127. The Morgan fingerprint density at radius 3 is 2.68 bits per heavy atom. The molecule has 1 fully saturated rings. The predicted octanol–water partition coefficient (Wildman–Crippen LogP) is 2.52. The molecule has 10 heteroatoms. The standard InChI is InChI=1S/C18H21IN4O4S/c19-18(10-22-6-8-27-18)5-7-26-12-3-1-11(2-4-12)14-9-13(15(20)24)16(28-14)23-17(21)25/h1-4,9,22H,5-8,10H2,(H2,20,24)(H3,21,23,25). The largest absolute Gasteiger partial charge is 0.493 e. The van der Waals surface area contributed by atoms with Gasteiger partial charge in [0.1, 0.15) is 14.4 Å². The smallest absolute Gasteiger partial charge is 0.317 e. The molecule has 1 atom stereocenters. The molecule has 8 nitrogen and oxygen atoms in total. The van der Waals surface area contributed by atoms with Crippen molar-refractivity contribution >= 4 is 50.9 Å². The Morgan fingerprint density at radius 1 is 1.32 bits per heavy atom. The third-order valence-corrected chi connectivity index (χ3v) is 6.48. The van der Waals surface area contributed by atoms with Crippen LogP contribution in [0.25, 0.3) is 10.4 Å². The van der Waals surface area contributed by atoms with Crippen LogP contribution in [0.2, 0.25) is 0 Å².